The van der Waals surface area contributed by atoms with Crippen LogP contribution in [0.1, 0.15) is 212 Å². The van der Waals surface area contributed by atoms with Gasteiger partial charge in [-0.25, -0.2) is 0 Å². The fraction of sp³-hybridized carbons (Fsp3) is 1.00. The van der Waals surface area contributed by atoms with Gasteiger partial charge in [0.1, 0.15) is 0 Å². The molecule has 54 heavy (non-hydrogen) atoms. The van der Waals surface area contributed by atoms with E-state index in [0.717, 1.165) is 54.8 Å². The first-order chi connectivity index (χ1) is 25.2. The van der Waals surface area contributed by atoms with Crippen molar-refractivity contribution in [2.45, 2.75) is 229 Å². The Morgan fingerprint density at radius 1 is 0.296 bits per heavy atom. The Balaban J connectivity index is -0.000000738. The molecule has 0 aromatic carbocycles. The van der Waals surface area contributed by atoms with Gasteiger partial charge in [0.05, 0.1) is 0 Å². The highest BCUT2D eigenvalue weighted by atomic mass is 16.7. The van der Waals surface area contributed by atoms with Crippen molar-refractivity contribution >= 4 is 0 Å². The van der Waals surface area contributed by atoms with E-state index in [2.05, 4.69) is 69.2 Å². The van der Waals surface area contributed by atoms with Crippen LogP contribution in [0.4, 0.5) is 0 Å². The van der Waals surface area contributed by atoms with Crippen molar-refractivity contribution in [3.63, 3.8) is 0 Å². The largest absolute Gasteiger partial charge is 0.353 e. The van der Waals surface area contributed by atoms with Crippen LogP contribution in [0.5, 0.6) is 0 Å². The first-order valence-corrected chi connectivity index (χ1v) is 22.5. The van der Waals surface area contributed by atoms with Gasteiger partial charge in [0.25, 0.3) is 0 Å². The van der Waals surface area contributed by atoms with Crippen molar-refractivity contribution in [2.75, 3.05) is 42.7 Å². The second-order valence-electron chi connectivity index (χ2n) is 18.9. The molecular formula is C48H102O6. The number of hydrogen-bond donors (Lipinski definition) is 0. The van der Waals surface area contributed by atoms with Gasteiger partial charge in [0.15, 0.2) is 17.4 Å². The maximum absolute atomic E-state index is 5.41. The predicted octanol–water partition coefficient (Wildman–Crippen LogP) is 14.9. The molecule has 0 aliphatic carbocycles. The molecule has 6 nitrogen and oxygen atoms in total. The summed E-state index contributed by atoms with van der Waals surface area (Å²) in [6, 6.07) is 0. The van der Waals surface area contributed by atoms with E-state index in [-0.39, 0.29) is 0 Å². The fourth-order valence-corrected chi connectivity index (χ4v) is 6.97. The van der Waals surface area contributed by atoms with Crippen molar-refractivity contribution < 1.29 is 28.4 Å². The van der Waals surface area contributed by atoms with Crippen molar-refractivity contribution in [3.8, 4) is 0 Å². The van der Waals surface area contributed by atoms with Crippen LogP contribution < -0.4 is 0 Å². The molecule has 0 amide bonds. The Labute approximate surface area is 341 Å². The third-order valence-corrected chi connectivity index (χ3v) is 11.8. The molecule has 330 valence electrons. The Morgan fingerprint density at radius 2 is 0.519 bits per heavy atom. The molecule has 0 aliphatic rings. The molecule has 6 heteroatoms. The summed E-state index contributed by atoms with van der Waals surface area (Å²) in [4.78, 5) is 0. The van der Waals surface area contributed by atoms with Gasteiger partial charge in [-0.05, 0) is 75.0 Å². The van der Waals surface area contributed by atoms with E-state index in [1.54, 1.807) is 42.7 Å². The van der Waals surface area contributed by atoms with Crippen LogP contribution in [0.25, 0.3) is 0 Å². The van der Waals surface area contributed by atoms with Crippen LogP contribution in [0.15, 0.2) is 0 Å². The zero-order valence-electron chi connectivity index (χ0n) is 40.4. The van der Waals surface area contributed by atoms with Crippen LogP contribution in [-0.2, 0) is 28.4 Å². The second kappa shape index (κ2) is 34.8. The maximum Gasteiger partial charge on any atom is 0.165 e. The molecule has 0 saturated heterocycles. The van der Waals surface area contributed by atoms with E-state index in [1.165, 1.54) is 103 Å². The Hall–Kier alpha value is -0.240. The minimum absolute atomic E-state index is 0.391. The monoisotopic (exact) mass is 775 g/mol. The van der Waals surface area contributed by atoms with E-state index in [0.29, 0.717) is 5.92 Å². The summed E-state index contributed by atoms with van der Waals surface area (Å²) in [6.45, 7) is 29.3. The first-order valence-electron chi connectivity index (χ1n) is 22.5. The van der Waals surface area contributed by atoms with Gasteiger partial charge in [0, 0.05) is 61.9 Å². The number of ether oxygens (including phenoxy) is 6. The zero-order valence-corrected chi connectivity index (χ0v) is 40.4. The fourth-order valence-electron chi connectivity index (χ4n) is 6.97. The van der Waals surface area contributed by atoms with E-state index in [9.17, 15) is 0 Å². The average molecular weight is 775 g/mol. The van der Waals surface area contributed by atoms with E-state index >= 15 is 0 Å². The number of hydrogen-bond acceptors (Lipinski definition) is 6. The molecule has 0 saturated carbocycles. The SMILES string of the molecule is COC(C)(CCC[C@H](C)CCCC(C)C)OC.COC(C)(CCC[C@H](C)CCC[C@H](C)CCCC(C)C)OC.COC(C)(C[C@H](C)CCCC(C)C)OC. The molecule has 0 unspecified atom stereocenters. The summed E-state index contributed by atoms with van der Waals surface area (Å²) in [5, 5.41) is 0. The Bertz CT molecular complexity index is 771. The molecule has 0 fully saturated rings. The molecule has 0 N–H and O–H groups in total. The topological polar surface area (TPSA) is 55.4 Å². The highest BCUT2D eigenvalue weighted by Crippen LogP contribution is 2.27. The van der Waals surface area contributed by atoms with Gasteiger partial charge in [-0.1, -0.05) is 159 Å². The molecule has 0 aromatic rings. The van der Waals surface area contributed by atoms with Gasteiger partial charge in [-0.3, -0.25) is 0 Å². The molecular weight excluding hydrogens is 673 g/mol. The summed E-state index contributed by atoms with van der Waals surface area (Å²) in [5.74, 6) is 4.52. The molecule has 0 spiro atoms. The maximum atomic E-state index is 5.41. The summed E-state index contributed by atoms with van der Waals surface area (Å²) in [7, 11) is 10.3. The highest BCUT2D eigenvalue weighted by Gasteiger charge is 2.25. The van der Waals surface area contributed by atoms with Gasteiger partial charge in [-0.2, -0.15) is 0 Å². The molecule has 0 radical (unpaired) electrons. The highest BCUT2D eigenvalue weighted by molar-refractivity contribution is 4.68. The molecule has 4 atom stereocenters. The Kier molecular flexibility index (Phi) is 37.4. The van der Waals surface area contributed by atoms with Gasteiger partial charge in [-0.15, -0.1) is 0 Å². The van der Waals surface area contributed by atoms with E-state index in [4.69, 9.17) is 28.4 Å². The number of methoxy groups -OCH3 is 6. The van der Waals surface area contributed by atoms with E-state index in [1.807, 2.05) is 20.8 Å². The van der Waals surface area contributed by atoms with Crippen molar-refractivity contribution in [1.82, 2.24) is 0 Å². The van der Waals surface area contributed by atoms with Gasteiger partial charge >= 0.3 is 0 Å². The Morgan fingerprint density at radius 3 is 0.759 bits per heavy atom. The molecule has 0 rings (SSSR count). The third kappa shape index (κ3) is 36.1. The summed E-state index contributed by atoms with van der Waals surface area (Å²) < 4.78 is 32.3. The molecule has 0 bridgehead atoms. The quantitative estimate of drug-likeness (QED) is 0.0635. The van der Waals surface area contributed by atoms with Crippen LogP contribution in [0, 0.1) is 41.4 Å². The second-order valence-corrected chi connectivity index (χ2v) is 18.9. The normalized spacial score (nSPS) is 14.8. The summed E-state index contributed by atoms with van der Waals surface area (Å²) in [5.41, 5.74) is 0. The van der Waals surface area contributed by atoms with Gasteiger partial charge < -0.3 is 28.4 Å². The lowest BCUT2D eigenvalue weighted by Crippen LogP contribution is -2.31. The van der Waals surface area contributed by atoms with Crippen LogP contribution in [-0.4, -0.2) is 60.0 Å². The lowest BCUT2D eigenvalue weighted by atomic mass is 9.91. The lowest BCUT2D eigenvalue weighted by Gasteiger charge is -2.29. The molecule has 0 aromatic heterocycles. The number of rotatable bonds is 32. The van der Waals surface area contributed by atoms with Crippen LogP contribution in [0.3, 0.4) is 0 Å². The van der Waals surface area contributed by atoms with Crippen molar-refractivity contribution in [1.29, 1.82) is 0 Å². The average Bonchev–Trinajstić information content (AvgIpc) is 3.11. The lowest BCUT2D eigenvalue weighted by molar-refractivity contribution is -0.203. The first kappa shape index (κ1) is 58.1. The van der Waals surface area contributed by atoms with Gasteiger partial charge in [0.2, 0.25) is 0 Å². The third-order valence-electron chi connectivity index (χ3n) is 11.8. The molecule has 0 heterocycles. The minimum Gasteiger partial charge on any atom is -0.353 e. The predicted molar refractivity (Wildman–Crippen MR) is 236 cm³/mol. The van der Waals surface area contributed by atoms with Crippen LogP contribution >= 0.6 is 0 Å². The summed E-state index contributed by atoms with van der Waals surface area (Å²) in [6.07, 6.45) is 24.2. The van der Waals surface area contributed by atoms with Crippen LogP contribution in [0.2, 0.25) is 0 Å². The van der Waals surface area contributed by atoms with Crippen molar-refractivity contribution in [2.24, 2.45) is 41.4 Å². The smallest absolute Gasteiger partial charge is 0.165 e. The minimum atomic E-state index is -0.406. The summed E-state index contributed by atoms with van der Waals surface area (Å²) >= 11 is 0. The molecule has 0 aliphatic heterocycles. The standard InChI is InChI=1S/C20H42O2.C15H32O2.C13H28O2/c1-17(2)11-8-12-18(3)13-9-14-19(4)15-10-16-20(5,21-6)22-7;1-13(2)9-7-10-14(3)11-8-12-15(4,16-5)17-6;1-11(2)8-7-9-12(3)10-13(4,14-5)15-6/h17-19H,8-16H2,1-7H3;13-14H,7-12H2,1-6H3;11-12H,7-10H2,1-6H3/t18-,19-;14-;12-/m111/s1. The van der Waals surface area contributed by atoms with Crippen molar-refractivity contribution in [3.05, 3.63) is 0 Å². The van der Waals surface area contributed by atoms with E-state index < -0.39 is 17.4 Å². The zero-order chi connectivity index (χ0) is 42.2.